The van der Waals surface area contributed by atoms with Gasteiger partial charge in [0.15, 0.2) is 0 Å². The Morgan fingerprint density at radius 1 is 1.14 bits per heavy atom. The number of sulfonamides is 1. The highest BCUT2D eigenvalue weighted by Gasteiger charge is 2.32. The molecular formula is C17H17F3N2O6S. The Hall–Kier alpha value is -3.02. The van der Waals surface area contributed by atoms with Crippen LogP contribution in [-0.2, 0) is 16.2 Å². The Morgan fingerprint density at radius 3 is 2.34 bits per heavy atom. The van der Waals surface area contributed by atoms with Gasteiger partial charge in [-0.15, -0.1) is 0 Å². The third-order valence-corrected chi connectivity index (χ3v) is 5.05. The van der Waals surface area contributed by atoms with Gasteiger partial charge in [0.2, 0.25) is 0 Å². The van der Waals surface area contributed by atoms with Gasteiger partial charge in [-0.25, -0.2) is 8.42 Å². The molecule has 0 heterocycles. The molecule has 0 saturated heterocycles. The maximum Gasteiger partial charge on any atom is 0.416 e. The lowest BCUT2D eigenvalue weighted by Crippen LogP contribution is -2.16. The number of alkyl halides is 3. The summed E-state index contributed by atoms with van der Waals surface area (Å²) in [5.41, 5.74) is -2.08. The summed E-state index contributed by atoms with van der Waals surface area (Å²) in [7, 11) is -3.40. The van der Waals surface area contributed by atoms with Crippen LogP contribution in [0.4, 0.5) is 24.5 Å². The topological polar surface area (TPSA) is 108 Å². The maximum atomic E-state index is 13.1. The van der Waals surface area contributed by atoms with Crippen LogP contribution >= 0.6 is 0 Å². The first-order valence-electron chi connectivity index (χ1n) is 8.19. The van der Waals surface area contributed by atoms with Crippen LogP contribution in [0.2, 0.25) is 0 Å². The van der Waals surface area contributed by atoms with E-state index in [9.17, 15) is 31.7 Å². The number of hydrogen-bond donors (Lipinski definition) is 1. The van der Waals surface area contributed by atoms with Gasteiger partial charge in [0.05, 0.1) is 29.9 Å². The number of nitrogens with zero attached hydrogens (tertiary/aromatic N) is 1. The van der Waals surface area contributed by atoms with Crippen molar-refractivity contribution in [2.75, 3.05) is 18.4 Å². The summed E-state index contributed by atoms with van der Waals surface area (Å²) in [6.07, 6.45) is -4.18. The van der Waals surface area contributed by atoms with E-state index in [-0.39, 0.29) is 18.1 Å². The Bertz CT molecular complexity index is 1010. The molecule has 158 valence electrons. The van der Waals surface area contributed by atoms with Gasteiger partial charge < -0.3 is 9.47 Å². The molecule has 0 unspecified atom stereocenters. The molecule has 0 spiro atoms. The Kier molecular flexibility index (Phi) is 6.57. The molecule has 0 amide bonds. The molecule has 2 aromatic rings. The van der Waals surface area contributed by atoms with E-state index in [1.54, 1.807) is 6.92 Å². The van der Waals surface area contributed by atoms with Crippen molar-refractivity contribution in [3.8, 4) is 11.5 Å². The molecule has 0 aromatic heterocycles. The SMILES string of the molecule is CCCOc1ccc(C(F)(F)F)cc1NS(=O)(=O)c1cc([N+](=O)[O-])ccc1OC. The van der Waals surface area contributed by atoms with Gasteiger partial charge in [-0.2, -0.15) is 13.2 Å². The molecule has 0 aliphatic carbocycles. The van der Waals surface area contributed by atoms with Gasteiger partial charge in [-0.05, 0) is 30.7 Å². The average molecular weight is 434 g/mol. The summed E-state index contributed by atoms with van der Waals surface area (Å²) in [5, 5.41) is 11.0. The molecule has 0 atom stereocenters. The van der Waals surface area contributed by atoms with Gasteiger partial charge in [-0.1, -0.05) is 6.92 Å². The zero-order chi connectivity index (χ0) is 21.8. The van der Waals surface area contributed by atoms with Gasteiger partial charge >= 0.3 is 6.18 Å². The number of hydrogen-bond acceptors (Lipinski definition) is 6. The summed E-state index contributed by atoms with van der Waals surface area (Å²) < 4.78 is 77.0. The van der Waals surface area contributed by atoms with Crippen molar-refractivity contribution < 1.29 is 36.0 Å². The molecule has 8 nitrogen and oxygen atoms in total. The second-order valence-electron chi connectivity index (χ2n) is 5.75. The fourth-order valence-electron chi connectivity index (χ4n) is 2.31. The summed E-state index contributed by atoms with van der Waals surface area (Å²) in [5.74, 6) is -0.334. The monoisotopic (exact) mass is 434 g/mol. The average Bonchev–Trinajstić information content (AvgIpc) is 2.65. The lowest BCUT2D eigenvalue weighted by molar-refractivity contribution is -0.385. The number of nitro groups is 1. The van der Waals surface area contributed by atoms with Gasteiger partial charge in [0.1, 0.15) is 16.4 Å². The van der Waals surface area contributed by atoms with Crippen molar-refractivity contribution in [3.63, 3.8) is 0 Å². The van der Waals surface area contributed by atoms with Crippen LogP contribution in [0.3, 0.4) is 0 Å². The number of rotatable bonds is 8. The molecule has 29 heavy (non-hydrogen) atoms. The van der Waals surface area contributed by atoms with Crippen molar-refractivity contribution in [2.24, 2.45) is 0 Å². The Labute approximate surface area is 164 Å². The van der Waals surface area contributed by atoms with Crippen molar-refractivity contribution in [3.05, 3.63) is 52.1 Å². The van der Waals surface area contributed by atoms with E-state index in [0.29, 0.717) is 12.5 Å². The fourth-order valence-corrected chi connectivity index (χ4v) is 3.56. The largest absolute Gasteiger partial charge is 0.495 e. The molecule has 12 heteroatoms. The Morgan fingerprint density at radius 2 is 1.79 bits per heavy atom. The van der Waals surface area contributed by atoms with Crippen LogP contribution in [0.5, 0.6) is 11.5 Å². The summed E-state index contributed by atoms with van der Waals surface area (Å²) in [4.78, 5) is 9.56. The summed E-state index contributed by atoms with van der Waals surface area (Å²) in [6.45, 7) is 1.90. The first kappa shape index (κ1) is 22.3. The van der Waals surface area contributed by atoms with Gasteiger partial charge in [0, 0.05) is 12.1 Å². The molecule has 2 rings (SSSR count). The smallest absolute Gasteiger partial charge is 0.416 e. The molecule has 0 fully saturated rings. The number of nitro benzene ring substituents is 1. The van der Waals surface area contributed by atoms with Crippen LogP contribution in [0.15, 0.2) is 41.3 Å². The van der Waals surface area contributed by atoms with E-state index in [2.05, 4.69) is 0 Å². The highest BCUT2D eigenvalue weighted by molar-refractivity contribution is 7.92. The van der Waals surface area contributed by atoms with E-state index in [1.807, 2.05) is 4.72 Å². The number of ether oxygens (including phenoxy) is 2. The minimum atomic E-state index is -4.72. The molecular weight excluding hydrogens is 417 g/mol. The number of benzene rings is 2. The lowest BCUT2D eigenvalue weighted by atomic mass is 10.2. The predicted molar refractivity (Wildman–Crippen MR) is 97.7 cm³/mol. The highest BCUT2D eigenvalue weighted by atomic mass is 32.2. The molecule has 0 radical (unpaired) electrons. The van der Waals surface area contributed by atoms with Crippen LogP contribution < -0.4 is 14.2 Å². The normalized spacial score (nSPS) is 11.8. The fraction of sp³-hybridized carbons (Fsp3) is 0.294. The van der Waals surface area contributed by atoms with E-state index in [4.69, 9.17) is 9.47 Å². The number of halogens is 3. The van der Waals surface area contributed by atoms with Crippen LogP contribution in [-0.4, -0.2) is 27.1 Å². The van der Waals surface area contributed by atoms with Crippen molar-refractivity contribution >= 4 is 21.4 Å². The Balaban J connectivity index is 2.56. The molecule has 0 aliphatic heterocycles. The van der Waals surface area contributed by atoms with Crippen molar-refractivity contribution in [2.45, 2.75) is 24.4 Å². The molecule has 0 saturated carbocycles. The third-order valence-electron chi connectivity index (χ3n) is 3.66. The first-order valence-corrected chi connectivity index (χ1v) is 9.67. The van der Waals surface area contributed by atoms with E-state index < -0.39 is 43.0 Å². The van der Waals surface area contributed by atoms with E-state index in [0.717, 1.165) is 37.4 Å². The standard InChI is InChI=1S/C17H17F3N2O6S/c1-3-8-28-14-6-4-11(17(18,19)20)9-13(14)21-29(25,26)16-10-12(22(23)24)5-7-15(16)27-2/h4-7,9-10,21H,3,8H2,1-2H3. The lowest BCUT2D eigenvalue weighted by Gasteiger charge is -2.17. The molecule has 0 aliphatic rings. The maximum absolute atomic E-state index is 13.1. The second kappa shape index (κ2) is 8.55. The highest BCUT2D eigenvalue weighted by Crippen LogP contribution is 2.37. The second-order valence-corrected chi connectivity index (χ2v) is 7.41. The van der Waals surface area contributed by atoms with Crippen molar-refractivity contribution in [1.29, 1.82) is 0 Å². The number of nitrogens with one attached hydrogen (secondary N) is 1. The third kappa shape index (κ3) is 5.28. The first-order chi connectivity index (χ1) is 13.5. The zero-order valence-electron chi connectivity index (χ0n) is 15.3. The molecule has 0 bridgehead atoms. The number of methoxy groups -OCH3 is 1. The van der Waals surface area contributed by atoms with Crippen LogP contribution in [0.25, 0.3) is 0 Å². The van der Waals surface area contributed by atoms with Crippen LogP contribution in [0.1, 0.15) is 18.9 Å². The quantitative estimate of drug-likeness (QED) is 0.493. The number of non-ortho nitro benzene ring substituents is 1. The van der Waals surface area contributed by atoms with Crippen LogP contribution in [0, 0.1) is 10.1 Å². The predicted octanol–water partition coefficient (Wildman–Crippen LogP) is 4.21. The summed E-state index contributed by atoms with van der Waals surface area (Å²) >= 11 is 0. The molecule has 1 N–H and O–H groups in total. The van der Waals surface area contributed by atoms with E-state index in [1.165, 1.54) is 0 Å². The summed E-state index contributed by atoms with van der Waals surface area (Å²) in [6, 6.07) is 5.22. The van der Waals surface area contributed by atoms with Gasteiger partial charge in [-0.3, -0.25) is 14.8 Å². The van der Waals surface area contributed by atoms with E-state index >= 15 is 0 Å². The molecule has 2 aromatic carbocycles. The minimum absolute atomic E-state index is 0.118. The minimum Gasteiger partial charge on any atom is -0.495 e. The zero-order valence-corrected chi connectivity index (χ0v) is 16.1. The van der Waals surface area contributed by atoms with Gasteiger partial charge in [0.25, 0.3) is 15.7 Å². The van der Waals surface area contributed by atoms with Crippen molar-refractivity contribution in [1.82, 2.24) is 0 Å². The number of anilines is 1.